The van der Waals surface area contributed by atoms with Gasteiger partial charge in [-0.15, -0.1) is 0 Å². The summed E-state index contributed by atoms with van der Waals surface area (Å²) in [7, 11) is 0. The van der Waals surface area contributed by atoms with Crippen LogP contribution >= 0.6 is 0 Å². The summed E-state index contributed by atoms with van der Waals surface area (Å²) < 4.78 is 0. The highest BCUT2D eigenvalue weighted by Gasteiger charge is 2.24. The maximum Gasteiger partial charge on any atom is 0.315 e. The quantitative estimate of drug-likeness (QED) is 0.648. The zero-order valence-electron chi connectivity index (χ0n) is 10.2. The van der Waals surface area contributed by atoms with Gasteiger partial charge in [0.25, 0.3) is 0 Å². The van der Waals surface area contributed by atoms with Gasteiger partial charge in [-0.25, -0.2) is 4.79 Å². The molecule has 1 aliphatic carbocycles. The minimum absolute atomic E-state index is 0.139. The number of amides is 3. The summed E-state index contributed by atoms with van der Waals surface area (Å²) in [5.74, 6) is -0.139. The van der Waals surface area contributed by atoms with Crippen molar-refractivity contribution in [1.82, 2.24) is 16.0 Å². The smallest absolute Gasteiger partial charge is 0.315 e. The molecule has 0 bridgehead atoms. The van der Waals surface area contributed by atoms with E-state index >= 15 is 0 Å². The van der Waals surface area contributed by atoms with Gasteiger partial charge < -0.3 is 16.0 Å². The first kappa shape index (κ1) is 12.8. The third-order valence-corrected chi connectivity index (χ3v) is 2.65. The molecule has 0 aliphatic heterocycles. The summed E-state index contributed by atoms with van der Waals surface area (Å²) in [4.78, 5) is 23.0. The van der Waals surface area contributed by atoms with E-state index < -0.39 is 6.04 Å². The van der Waals surface area contributed by atoms with Gasteiger partial charge in [-0.1, -0.05) is 6.92 Å². The van der Waals surface area contributed by atoms with E-state index in [9.17, 15) is 9.59 Å². The van der Waals surface area contributed by atoms with Crippen molar-refractivity contribution >= 4 is 11.9 Å². The molecule has 5 nitrogen and oxygen atoms in total. The van der Waals surface area contributed by atoms with Crippen molar-refractivity contribution in [1.29, 1.82) is 0 Å². The molecular formula is C11H21N3O2. The van der Waals surface area contributed by atoms with Crippen LogP contribution in [0.15, 0.2) is 0 Å². The molecule has 1 rings (SSSR count). The topological polar surface area (TPSA) is 70.2 Å². The van der Waals surface area contributed by atoms with E-state index in [1.54, 1.807) is 6.92 Å². The highest BCUT2D eigenvalue weighted by atomic mass is 16.2. The molecule has 16 heavy (non-hydrogen) atoms. The van der Waals surface area contributed by atoms with E-state index in [0.29, 0.717) is 6.04 Å². The predicted molar refractivity (Wildman–Crippen MR) is 62.0 cm³/mol. The molecule has 0 aromatic rings. The minimum atomic E-state index is -0.493. The molecule has 0 aromatic carbocycles. The van der Waals surface area contributed by atoms with E-state index in [1.807, 2.05) is 13.8 Å². The fourth-order valence-corrected chi connectivity index (χ4v) is 1.19. The van der Waals surface area contributed by atoms with Crippen LogP contribution in [-0.2, 0) is 4.79 Å². The van der Waals surface area contributed by atoms with E-state index in [1.165, 1.54) is 0 Å². The molecule has 3 amide bonds. The summed E-state index contributed by atoms with van der Waals surface area (Å²) in [6, 6.07) is -0.296. The number of rotatable bonds is 5. The van der Waals surface area contributed by atoms with Gasteiger partial charge in [-0.3, -0.25) is 4.79 Å². The number of urea groups is 1. The number of nitrogens with one attached hydrogen (secondary N) is 3. The lowest BCUT2D eigenvalue weighted by Gasteiger charge is -2.17. The van der Waals surface area contributed by atoms with Crippen molar-refractivity contribution in [2.75, 3.05) is 0 Å². The molecule has 1 fully saturated rings. The summed E-state index contributed by atoms with van der Waals surface area (Å²) in [6.07, 6.45) is 2.97. The fraction of sp³-hybridized carbons (Fsp3) is 0.818. The molecule has 2 atom stereocenters. The average Bonchev–Trinajstić information content (AvgIpc) is 3.00. The van der Waals surface area contributed by atoms with Crippen molar-refractivity contribution in [2.45, 2.75) is 58.2 Å². The van der Waals surface area contributed by atoms with Crippen LogP contribution in [-0.4, -0.2) is 30.1 Å². The molecular weight excluding hydrogens is 206 g/mol. The van der Waals surface area contributed by atoms with Gasteiger partial charge >= 0.3 is 6.03 Å². The summed E-state index contributed by atoms with van der Waals surface area (Å²) in [5, 5.41) is 8.22. The van der Waals surface area contributed by atoms with Crippen molar-refractivity contribution in [2.24, 2.45) is 0 Å². The third kappa shape index (κ3) is 4.51. The van der Waals surface area contributed by atoms with Crippen LogP contribution in [0.5, 0.6) is 0 Å². The second kappa shape index (κ2) is 5.72. The third-order valence-electron chi connectivity index (χ3n) is 2.65. The first-order valence-electron chi connectivity index (χ1n) is 5.90. The number of hydrogen-bond donors (Lipinski definition) is 3. The van der Waals surface area contributed by atoms with Gasteiger partial charge in [0.1, 0.15) is 6.04 Å². The Morgan fingerprint density at radius 3 is 2.38 bits per heavy atom. The van der Waals surface area contributed by atoms with E-state index in [4.69, 9.17) is 0 Å². The van der Waals surface area contributed by atoms with E-state index in [-0.39, 0.29) is 18.0 Å². The Balaban J connectivity index is 2.23. The molecule has 0 heterocycles. The molecule has 0 radical (unpaired) electrons. The first-order chi connectivity index (χ1) is 7.52. The van der Waals surface area contributed by atoms with Crippen molar-refractivity contribution in [3.8, 4) is 0 Å². The number of carbonyl (C=O) groups excluding carboxylic acids is 2. The Morgan fingerprint density at radius 1 is 1.25 bits per heavy atom. The zero-order chi connectivity index (χ0) is 12.1. The second-order valence-electron chi connectivity index (χ2n) is 4.43. The Bertz CT molecular complexity index is 264. The number of carbonyl (C=O) groups is 2. The van der Waals surface area contributed by atoms with Crippen LogP contribution < -0.4 is 16.0 Å². The Labute approximate surface area is 96.4 Å². The van der Waals surface area contributed by atoms with Crippen LogP contribution in [0.1, 0.15) is 40.0 Å². The molecule has 0 spiro atoms. The molecule has 92 valence electrons. The lowest BCUT2D eigenvalue weighted by atomic mass is 10.2. The van der Waals surface area contributed by atoms with E-state index in [2.05, 4.69) is 16.0 Å². The maximum atomic E-state index is 11.6. The first-order valence-corrected chi connectivity index (χ1v) is 5.90. The Morgan fingerprint density at radius 2 is 1.88 bits per heavy atom. The largest absolute Gasteiger partial charge is 0.352 e. The van der Waals surface area contributed by atoms with E-state index in [0.717, 1.165) is 19.3 Å². The summed E-state index contributed by atoms with van der Waals surface area (Å²) in [5.41, 5.74) is 0. The monoisotopic (exact) mass is 227 g/mol. The van der Waals surface area contributed by atoms with Crippen LogP contribution in [0.2, 0.25) is 0 Å². The SMILES string of the molecule is CC[C@@H](C)NC(=O)[C@H](C)NC(=O)NC1CC1. The van der Waals surface area contributed by atoms with Gasteiger partial charge in [0.2, 0.25) is 5.91 Å². The van der Waals surface area contributed by atoms with Crippen LogP contribution in [0, 0.1) is 0 Å². The van der Waals surface area contributed by atoms with Gasteiger partial charge in [-0.2, -0.15) is 0 Å². The normalized spacial score (nSPS) is 18.4. The summed E-state index contributed by atoms with van der Waals surface area (Å²) >= 11 is 0. The Kier molecular flexibility index (Phi) is 4.58. The standard InChI is InChI=1S/C11H21N3O2/c1-4-7(2)12-10(15)8(3)13-11(16)14-9-5-6-9/h7-9H,4-6H2,1-3H3,(H,12,15)(H2,13,14,16)/t7-,8+/m1/s1. The lowest BCUT2D eigenvalue weighted by molar-refractivity contribution is -0.123. The summed E-state index contributed by atoms with van der Waals surface area (Å²) in [6.45, 7) is 5.63. The van der Waals surface area contributed by atoms with Gasteiger partial charge in [0.05, 0.1) is 0 Å². The van der Waals surface area contributed by atoms with Gasteiger partial charge in [-0.05, 0) is 33.1 Å². The molecule has 1 saturated carbocycles. The molecule has 0 saturated heterocycles. The molecule has 1 aliphatic rings. The average molecular weight is 227 g/mol. The fourth-order valence-electron chi connectivity index (χ4n) is 1.19. The lowest BCUT2D eigenvalue weighted by Crippen LogP contribution is -2.50. The highest BCUT2D eigenvalue weighted by Crippen LogP contribution is 2.18. The maximum absolute atomic E-state index is 11.6. The Hall–Kier alpha value is -1.26. The van der Waals surface area contributed by atoms with Crippen molar-refractivity contribution in [3.05, 3.63) is 0 Å². The van der Waals surface area contributed by atoms with Crippen LogP contribution in [0.25, 0.3) is 0 Å². The molecule has 3 N–H and O–H groups in total. The molecule has 0 unspecified atom stereocenters. The molecule has 0 aromatic heterocycles. The number of hydrogen-bond acceptors (Lipinski definition) is 2. The van der Waals surface area contributed by atoms with Crippen LogP contribution in [0.4, 0.5) is 4.79 Å². The van der Waals surface area contributed by atoms with Gasteiger partial charge in [0.15, 0.2) is 0 Å². The second-order valence-corrected chi connectivity index (χ2v) is 4.43. The van der Waals surface area contributed by atoms with Crippen molar-refractivity contribution < 1.29 is 9.59 Å². The zero-order valence-corrected chi connectivity index (χ0v) is 10.2. The minimum Gasteiger partial charge on any atom is -0.352 e. The highest BCUT2D eigenvalue weighted by molar-refractivity contribution is 5.86. The predicted octanol–water partition coefficient (Wildman–Crippen LogP) is 0.751. The van der Waals surface area contributed by atoms with Gasteiger partial charge in [0, 0.05) is 12.1 Å². The van der Waals surface area contributed by atoms with Crippen LogP contribution in [0.3, 0.4) is 0 Å². The molecule has 5 heteroatoms. The van der Waals surface area contributed by atoms with Crippen molar-refractivity contribution in [3.63, 3.8) is 0 Å².